The van der Waals surface area contributed by atoms with Crippen molar-refractivity contribution in [2.75, 3.05) is 6.61 Å². The van der Waals surface area contributed by atoms with Gasteiger partial charge in [0.15, 0.2) is 12.4 Å². The summed E-state index contributed by atoms with van der Waals surface area (Å²) >= 11 is 1.38. The van der Waals surface area contributed by atoms with E-state index in [0.29, 0.717) is 5.56 Å². The second kappa shape index (κ2) is 8.40. The van der Waals surface area contributed by atoms with Crippen molar-refractivity contribution in [2.45, 2.75) is 42.5 Å². The summed E-state index contributed by atoms with van der Waals surface area (Å²) in [5, 5.41) is 11.6. The zero-order valence-electron chi connectivity index (χ0n) is 16.5. The number of ketones is 1. The highest BCUT2D eigenvalue weighted by molar-refractivity contribution is 8.01. The van der Waals surface area contributed by atoms with E-state index in [2.05, 4.69) is 11.2 Å². The van der Waals surface area contributed by atoms with Crippen LogP contribution in [0.4, 0.5) is 4.79 Å². The number of fused-ring (bicyclic) bond motifs is 1. The Kier molecular flexibility index (Phi) is 6.08. The molecule has 1 aromatic carbocycles. The Morgan fingerprint density at radius 2 is 2.00 bits per heavy atom. The lowest BCUT2D eigenvalue weighted by atomic mass is 9.86. The predicted octanol–water partition coefficient (Wildman–Crippen LogP) is 1.81. The molecule has 8 nitrogen and oxygen atoms in total. The minimum absolute atomic E-state index is 0.121. The van der Waals surface area contributed by atoms with Crippen molar-refractivity contribution in [3.05, 3.63) is 35.9 Å². The summed E-state index contributed by atoms with van der Waals surface area (Å²) in [6, 6.07) is 6.67. The van der Waals surface area contributed by atoms with Crippen molar-refractivity contribution in [3.63, 3.8) is 0 Å². The summed E-state index contributed by atoms with van der Waals surface area (Å²) in [4.78, 5) is 50.7. The molecule has 2 aliphatic rings. The van der Waals surface area contributed by atoms with Gasteiger partial charge in [0.05, 0.1) is 11.3 Å². The number of carboxylic acids is 1. The van der Waals surface area contributed by atoms with E-state index in [1.807, 2.05) is 0 Å². The highest BCUT2D eigenvalue weighted by atomic mass is 32.2. The van der Waals surface area contributed by atoms with Crippen LogP contribution in [0.25, 0.3) is 0 Å². The Balaban J connectivity index is 1.75. The minimum atomic E-state index is -1.06. The number of alkyl carbamates (subject to hydrolysis) is 1. The maximum absolute atomic E-state index is 13.1. The minimum Gasteiger partial charge on any atom is -0.480 e. The molecule has 2 N–H and O–H groups in total. The van der Waals surface area contributed by atoms with E-state index >= 15 is 0 Å². The Morgan fingerprint density at radius 3 is 2.60 bits per heavy atom. The molecule has 158 valence electrons. The van der Waals surface area contributed by atoms with E-state index in [1.165, 1.54) is 16.7 Å². The number of Topliss-reactive ketones (excluding diaryl/α,β-unsaturated/α-hetero) is 1. The van der Waals surface area contributed by atoms with Gasteiger partial charge in [0.25, 0.3) is 0 Å². The second-order valence-corrected chi connectivity index (χ2v) is 9.41. The highest BCUT2D eigenvalue weighted by Crippen LogP contribution is 2.54. The first-order valence-electron chi connectivity index (χ1n) is 9.34. The summed E-state index contributed by atoms with van der Waals surface area (Å²) in [7, 11) is 0. The molecule has 0 aromatic heterocycles. The Morgan fingerprint density at radius 1 is 1.33 bits per heavy atom. The first-order chi connectivity index (χ1) is 14.2. The quantitative estimate of drug-likeness (QED) is 0.501. The molecule has 0 aliphatic carbocycles. The number of nitrogens with zero attached hydrogens (tertiary/aromatic N) is 1. The van der Waals surface area contributed by atoms with E-state index in [9.17, 15) is 24.3 Å². The van der Waals surface area contributed by atoms with Crippen molar-refractivity contribution >= 4 is 35.5 Å². The monoisotopic (exact) mass is 430 g/mol. The molecule has 2 aliphatic heterocycles. The standard InChI is InChI=1S/C21H22N2O6S/c1-4-10-29-20(28)22-15(12-8-6-5-7-9-12)14(24)11-13-17(25)23-16(19(26)27)21(2,3)30-18(13)23/h1,5-9,13,15-16,18H,10-11H2,2-3H3,(H,22,28)(H,26,27)/t13-,15-,16+,18-/m1/s1. The molecule has 0 bridgehead atoms. The number of hydrogen-bond donors (Lipinski definition) is 2. The summed E-state index contributed by atoms with van der Waals surface area (Å²) in [6.07, 6.45) is 4.13. The molecular weight excluding hydrogens is 408 g/mol. The molecule has 1 aromatic rings. The lowest BCUT2D eigenvalue weighted by Crippen LogP contribution is -2.63. The average molecular weight is 430 g/mol. The molecule has 0 saturated carbocycles. The summed E-state index contributed by atoms with van der Waals surface area (Å²) in [5.74, 6) is -0.253. The number of aliphatic carboxylic acids is 1. The number of nitrogens with one attached hydrogen (secondary N) is 1. The Hall–Kier alpha value is -2.99. The fourth-order valence-corrected chi connectivity index (χ4v) is 5.56. The van der Waals surface area contributed by atoms with Gasteiger partial charge in [0, 0.05) is 11.2 Å². The van der Waals surface area contributed by atoms with Crippen LogP contribution in [0.2, 0.25) is 0 Å². The molecule has 2 amide bonds. The third-order valence-corrected chi connectivity index (χ3v) is 6.84. The number of benzene rings is 1. The van der Waals surface area contributed by atoms with Crippen molar-refractivity contribution < 1.29 is 29.0 Å². The number of carbonyl (C=O) groups excluding carboxylic acids is 3. The number of terminal acetylenes is 1. The fourth-order valence-electron chi connectivity index (χ4n) is 3.88. The van der Waals surface area contributed by atoms with Crippen LogP contribution in [0, 0.1) is 18.3 Å². The van der Waals surface area contributed by atoms with Crippen molar-refractivity contribution in [1.29, 1.82) is 0 Å². The first-order valence-corrected chi connectivity index (χ1v) is 10.2. The van der Waals surface area contributed by atoms with Crippen LogP contribution < -0.4 is 5.32 Å². The highest BCUT2D eigenvalue weighted by Gasteiger charge is 2.63. The molecule has 30 heavy (non-hydrogen) atoms. The smallest absolute Gasteiger partial charge is 0.408 e. The third kappa shape index (κ3) is 4.00. The van der Waals surface area contributed by atoms with Crippen molar-refractivity contribution in [1.82, 2.24) is 10.2 Å². The molecule has 2 saturated heterocycles. The summed E-state index contributed by atoms with van der Waals surface area (Å²) in [5.41, 5.74) is 0.548. The molecule has 0 spiro atoms. The molecule has 0 radical (unpaired) electrons. The molecule has 3 rings (SSSR count). The normalized spacial score (nSPS) is 24.8. The van der Waals surface area contributed by atoms with Crippen LogP contribution in [-0.4, -0.2) is 56.5 Å². The molecule has 9 heteroatoms. The van der Waals surface area contributed by atoms with Crippen LogP contribution in [0.3, 0.4) is 0 Å². The van der Waals surface area contributed by atoms with E-state index in [0.717, 1.165) is 0 Å². The van der Waals surface area contributed by atoms with Crippen molar-refractivity contribution in [2.24, 2.45) is 5.92 Å². The molecule has 4 atom stereocenters. The number of hydrogen-bond acceptors (Lipinski definition) is 6. The van der Waals surface area contributed by atoms with Gasteiger partial charge in [-0.3, -0.25) is 9.59 Å². The van der Waals surface area contributed by atoms with Crippen molar-refractivity contribution in [3.8, 4) is 12.3 Å². The van der Waals surface area contributed by atoms with Crippen LogP contribution in [-0.2, 0) is 19.1 Å². The van der Waals surface area contributed by atoms with Gasteiger partial charge in [-0.2, -0.15) is 0 Å². The van der Waals surface area contributed by atoms with Gasteiger partial charge in [-0.15, -0.1) is 18.2 Å². The van der Waals surface area contributed by atoms with Crippen LogP contribution >= 0.6 is 11.8 Å². The number of carbonyl (C=O) groups is 4. The number of β-lactam (4-membered cyclic amide) rings is 1. The maximum Gasteiger partial charge on any atom is 0.408 e. The van der Waals surface area contributed by atoms with Gasteiger partial charge in [-0.05, 0) is 19.4 Å². The average Bonchev–Trinajstić information content (AvgIpc) is 2.97. The molecular formula is C21H22N2O6S. The van der Waals surface area contributed by atoms with Gasteiger partial charge in [-0.25, -0.2) is 9.59 Å². The Labute approximate surface area is 178 Å². The predicted molar refractivity (Wildman–Crippen MR) is 109 cm³/mol. The van der Waals surface area contributed by atoms with E-state index in [4.69, 9.17) is 11.2 Å². The van der Waals surface area contributed by atoms with Gasteiger partial charge >= 0.3 is 12.1 Å². The Bertz CT molecular complexity index is 910. The van der Waals surface area contributed by atoms with Gasteiger partial charge in [-0.1, -0.05) is 36.3 Å². The zero-order chi connectivity index (χ0) is 22.1. The summed E-state index contributed by atoms with van der Waals surface area (Å²) in [6.45, 7) is 3.31. The van der Waals surface area contributed by atoms with E-state index in [-0.39, 0.29) is 30.1 Å². The topological polar surface area (TPSA) is 113 Å². The number of amides is 2. The first kappa shape index (κ1) is 21.7. The zero-order valence-corrected chi connectivity index (χ0v) is 17.3. The SMILES string of the molecule is C#CCOC(=O)N[C@@H](C(=O)C[C@@H]1C(=O)N2[C@@H]1SC(C)(C)[C@@H]2C(=O)O)c1ccccc1. The molecule has 2 fully saturated rings. The number of carboxylic acid groups (broad SMARTS) is 1. The van der Waals surface area contributed by atoms with E-state index < -0.39 is 34.8 Å². The van der Waals surface area contributed by atoms with Crippen LogP contribution in [0.5, 0.6) is 0 Å². The fraction of sp³-hybridized carbons (Fsp3) is 0.429. The van der Waals surface area contributed by atoms with Crippen LogP contribution in [0.15, 0.2) is 30.3 Å². The number of ether oxygens (including phenoxy) is 1. The van der Waals surface area contributed by atoms with Gasteiger partial charge in [0.1, 0.15) is 12.1 Å². The number of rotatable bonds is 7. The maximum atomic E-state index is 13.1. The lowest BCUT2D eigenvalue weighted by molar-refractivity contribution is -0.164. The second-order valence-electron chi connectivity index (χ2n) is 7.64. The molecule has 0 unspecified atom stereocenters. The lowest BCUT2D eigenvalue weighted by Gasteiger charge is -2.43. The van der Waals surface area contributed by atoms with Crippen LogP contribution in [0.1, 0.15) is 31.9 Å². The molecule has 2 heterocycles. The third-order valence-electron chi connectivity index (χ3n) is 5.21. The van der Waals surface area contributed by atoms with E-state index in [1.54, 1.807) is 44.2 Å². The van der Waals surface area contributed by atoms with Gasteiger partial charge < -0.3 is 20.1 Å². The number of thioether (sulfide) groups is 1. The van der Waals surface area contributed by atoms with Gasteiger partial charge in [0.2, 0.25) is 5.91 Å². The summed E-state index contributed by atoms with van der Waals surface area (Å²) < 4.78 is 4.15. The largest absolute Gasteiger partial charge is 0.480 e.